The second kappa shape index (κ2) is 10.3. The van der Waals surface area contributed by atoms with E-state index < -0.39 is 11.9 Å². The molecule has 4 aromatic rings. The van der Waals surface area contributed by atoms with Crippen LogP contribution in [0.1, 0.15) is 62.3 Å². The summed E-state index contributed by atoms with van der Waals surface area (Å²) in [4.78, 5) is 29.3. The maximum absolute atomic E-state index is 12.9. The van der Waals surface area contributed by atoms with Gasteiger partial charge < -0.3 is 15.0 Å². The van der Waals surface area contributed by atoms with Crippen molar-refractivity contribution < 1.29 is 14.7 Å². The summed E-state index contributed by atoms with van der Waals surface area (Å²) >= 11 is 1.59. The van der Waals surface area contributed by atoms with Crippen LogP contribution in [0.4, 0.5) is 5.69 Å². The van der Waals surface area contributed by atoms with Gasteiger partial charge in [-0.2, -0.15) is 0 Å². The SMILES string of the molecule is CC(C)c1csc(C=Cc2cccc(NC(=O)c3cn(Cc4ccccc4)cc3C(=O)O)c2)n1. The molecule has 4 rings (SSSR count). The highest BCUT2D eigenvalue weighted by atomic mass is 32.1. The first-order valence-electron chi connectivity index (χ1n) is 10.9. The number of thiazole rings is 1. The Morgan fingerprint density at radius 2 is 1.82 bits per heavy atom. The third-order valence-corrected chi connectivity index (χ3v) is 6.09. The van der Waals surface area contributed by atoms with Crippen molar-refractivity contribution in [3.8, 4) is 0 Å². The molecule has 1 amide bonds. The molecule has 0 saturated heterocycles. The van der Waals surface area contributed by atoms with E-state index in [1.807, 2.05) is 60.7 Å². The van der Waals surface area contributed by atoms with Gasteiger partial charge in [0.2, 0.25) is 0 Å². The van der Waals surface area contributed by atoms with Gasteiger partial charge in [0.1, 0.15) is 5.01 Å². The van der Waals surface area contributed by atoms with E-state index in [0.717, 1.165) is 21.8 Å². The quantitative estimate of drug-likeness (QED) is 0.319. The Morgan fingerprint density at radius 3 is 2.53 bits per heavy atom. The Balaban J connectivity index is 1.50. The normalized spacial score (nSPS) is 11.3. The van der Waals surface area contributed by atoms with Gasteiger partial charge in [-0.05, 0) is 35.3 Å². The number of carboxylic acids is 1. The first-order valence-corrected chi connectivity index (χ1v) is 11.8. The number of aromatic nitrogens is 2. The molecule has 0 radical (unpaired) electrons. The molecule has 0 saturated carbocycles. The monoisotopic (exact) mass is 471 g/mol. The van der Waals surface area contributed by atoms with Crippen LogP contribution >= 0.6 is 11.3 Å². The van der Waals surface area contributed by atoms with E-state index in [4.69, 9.17) is 0 Å². The van der Waals surface area contributed by atoms with Gasteiger partial charge in [-0.15, -0.1) is 11.3 Å². The van der Waals surface area contributed by atoms with Gasteiger partial charge in [0.25, 0.3) is 5.91 Å². The van der Waals surface area contributed by atoms with Crippen molar-refractivity contribution in [2.24, 2.45) is 0 Å². The Labute approximate surface area is 202 Å². The lowest BCUT2D eigenvalue weighted by molar-refractivity contribution is 0.0692. The molecule has 0 bridgehead atoms. The van der Waals surface area contributed by atoms with Crippen molar-refractivity contribution >= 4 is 41.1 Å². The predicted octanol–water partition coefficient (Wildman–Crippen LogP) is 6.24. The van der Waals surface area contributed by atoms with Gasteiger partial charge in [0, 0.05) is 30.0 Å². The van der Waals surface area contributed by atoms with Crippen LogP contribution in [-0.2, 0) is 6.54 Å². The van der Waals surface area contributed by atoms with Crippen LogP contribution in [0.25, 0.3) is 12.2 Å². The average molecular weight is 472 g/mol. The lowest BCUT2D eigenvalue weighted by atomic mass is 10.1. The molecule has 172 valence electrons. The van der Waals surface area contributed by atoms with Crippen molar-refractivity contribution in [2.45, 2.75) is 26.3 Å². The van der Waals surface area contributed by atoms with Crippen molar-refractivity contribution in [2.75, 3.05) is 5.32 Å². The smallest absolute Gasteiger partial charge is 0.338 e. The topological polar surface area (TPSA) is 84.2 Å². The molecule has 6 nitrogen and oxygen atoms in total. The van der Waals surface area contributed by atoms with E-state index in [9.17, 15) is 14.7 Å². The van der Waals surface area contributed by atoms with Crippen LogP contribution in [0.3, 0.4) is 0 Å². The number of carbonyl (C=O) groups excluding carboxylic acids is 1. The fourth-order valence-electron chi connectivity index (χ4n) is 3.47. The van der Waals surface area contributed by atoms with Crippen LogP contribution in [-0.4, -0.2) is 26.5 Å². The first kappa shape index (κ1) is 23.2. The number of hydrogen-bond donors (Lipinski definition) is 2. The van der Waals surface area contributed by atoms with E-state index in [1.165, 1.54) is 6.20 Å². The minimum atomic E-state index is -1.14. The second-order valence-corrected chi connectivity index (χ2v) is 9.12. The van der Waals surface area contributed by atoms with Gasteiger partial charge in [-0.3, -0.25) is 4.79 Å². The van der Waals surface area contributed by atoms with Crippen LogP contribution in [0.5, 0.6) is 0 Å². The van der Waals surface area contributed by atoms with E-state index in [0.29, 0.717) is 18.2 Å². The van der Waals surface area contributed by atoms with Crippen molar-refractivity contribution in [3.05, 3.63) is 105 Å². The Bertz CT molecular complexity index is 1340. The Hall–Kier alpha value is -3.97. The standard InChI is InChI=1S/C27H25N3O3S/c1-18(2)24-17-34-25(29-24)12-11-19-9-6-10-21(13-19)28-26(31)22-15-30(16-23(22)27(32)33)14-20-7-4-3-5-8-20/h3-13,15-18H,14H2,1-2H3,(H,28,31)(H,32,33). The lowest BCUT2D eigenvalue weighted by Crippen LogP contribution is -2.14. The van der Waals surface area contributed by atoms with Crippen molar-refractivity contribution in [3.63, 3.8) is 0 Å². The lowest BCUT2D eigenvalue weighted by Gasteiger charge is -2.06. The number of anilines is 1. The number of aromatic carboxylic acids is 1. The summed E-state index contributed by atoms with van der Waals surface area (Å²) in [5.41, 5.74) is 3.66. The Kier molecular flexibility index (Phi) is 7.04. The summed E-state index contributed by atoms with van der Waals surface area (Å²) < 4.78 is 1.71. The molecule has 2 aromatic heterocycles. The van der Waals surface area contributed by atoms with Crippen LogP contribution in [0.2, 0.25) is 0 Å². The molecule has 0 aliphatic rings. The third-order valence-electron chi connectivity index (χ3n) is 5.26. The van der Waals surface area contributed by atoms with Crippen molar-refractivity contribution in [1.82, 2.24) is 9.55 Å². The zero-order valence-corrected chi connectivity index (χ0v) is 19.8. The average Bonchev–Trinajstić information content (AvgIpc) is 3.46. The second-order valence-electron chi connectivity index (χ2n) is 8.23. The van der Waals surface area contributed by atoms with Crippen LogP contribution < -0.4 is 5.32 Å². The first-order chi connectivity index (χ1) is 16.4. The molecule has 34 heavy (non-hydrogen) atoms. The molecule has 0 atom stereocenters. The molecule has 7 heteroatoms. The van der Waals surface area contributed by atoms with Gasteiger partial charge in [0.15, 0.2) is 0 Å². The number of carboxylic acid groups (broad SMARTS) is 1. The maximum Gasteiger partial charge on any atom is 0.338 e. The fourth-order valence-corrected chi connectivity index (χ4v) is 4.34. The van der Waals surface area contributed by atoms with Crippen molar-refractivity contribution in [1.29, 1.82) is 0 Å². The summed E-state index contributed by atoms with van der Waals surface area (Å²) in [6, 6.07) is 17.1. The number of benzene rings is 2. The third kappa shape index (κ3) is 5.68. The maximum atomic E-state index is 12.9. The molecule has 0 unspecified atom stereocenters. The fraction of sp³-hybridized carbons (Fsp3) is 0.148. The highest BCUT2D eigenvalue weighted by molar-refractivity contribution is 7.10. The summed E-state index contributed by atoms with van der Waals surface area (Å²) in [6.07, 6.45) is 6.95. The van der Waals surface area contributed by atoms with Gasteiger partial charge in [-0.25, -0.2) is 9.78 Å². The zero-order valence-electron chi connectivity index (χ0n) is 18.9. The van der Waals surface area contributed by atoms with E-state index in [2.05, 4.69) is 29.5 Å². The minimum absolute atomic E-state index is 0.0331. The summed E-state index contributed by atoms with van der Waals surface area (Å²) in [7, 11) is 0. The van der Waals surface area contributed by atoms with Gasteiger partial charge in [-0.1, -0.05) is 62.4 Å². The molecule has 2 aromatic carbocycles. The van der Waals surface area contributed by atoms with E-state index in [1.54, 1.807) is 28.2 Å². The molecular weight excluding hydrogens is 446 g/mol. The highest BCUT2D eigenvalue weighted by Crippen LogP contribution is 2.21. The number of nitrogens with one attached hydrogen (secondary N) is 1. The molecule has 0 fully saturated rings. The largest absolute Gasteiger partial charge is 0.478 e. The predicted molar refractivity (Wildman–Crippen MR) is 136 cm³/mol. The van der Waals surface area contributed by atoms with Gasteiger partial charge >= 0.3 is 5.97 Å². The Morgan fingerprint density at radius 1 is 1.06 bits per heavy atom. The molecule has 2 heterocycles. The summed E-state index contributed by atoms with van der Waals surface area (Å²) in [6.45, 7) is 4.70. The van der Waals surface area contributed by atoms with E-state index in [-0.39, 0.29) is 11.1 Å². The highest BCUT2D eigenvalue weighted by Gasteiger charge is 2.20. The number of carbonyl (C=O) groups is 2. The van der Waals surface area contributed by atoms with Crippen LogP contribution in [0.15, 0.2) is 72.4 Å². The molecule has 0 aliphatic heterocycles. The number of rotatable bonds is 8. The minimum Gasteiger partial charge on any atom is -0.478 e. The van der Waals surface area contributed by atoms with Gasteiger partial charge in [0.05, 0.1) is 16.8 Å². The number of amides is 1. The number of nitrogens with zero attached hydrogens (tertiary/aromatic N) is 2. The zero-order chi connectivity index (χ0) is 24.1. The summed E-state index contributed by atoms with van der Waals surface area (Å²) in [5, 5.41) is 15.4. The van der Waals surface area contributed by atoms with Crippen LogP contribution in [0, 0.1) is 0 Å². The molecule has 0 spiro atoms. The number of hydrogen-bond acceptors (Lipinski definition) is 4. The molecule has 2 N–H and O–H groups in total. The molecule has 0 aliphatic carbocycles. The molecular formula is C27H25N3O3S. The summed E-state index contributed by atoms with van der Waals surface area (Å²) in [5.74, 6) is -1.22. The van der Waals surface area contributed by atoms with E-state index >= 15 is 0 Å².